The second-order valence-corrected chi connectivity index (χ2v) is 6.19. The summed E-state index contributed by atoms with van der Waals surface area (Å²) < 4.78 is 5.43. The van der Waals surface area contributed by atoms with Crippen molar-refractivity contribution in [2.24, 2.45) is 11.7 Å². The van der Waals surface area contributed by atoms with E-state index in [-0.39, 0.29) is 11.8 Å². The maximum absolute atomic E-state index is 12.2. The molecule has 6 heteroatoms. The smallest absolute Gasteiger partial charge is 0.225 e. The molecule has 0 bridgehead atoms. The van der Waals surface area contributed by atoms with Gasteiger partial charge in [0.25, 0.3) is 0 Å². The molecule has 1 saturated carbocycles. The lowest BCUT2D eigenvalue weighted by atomic mass is 9.74. The lowest BCUT2D eigenvalue weighted by molar-refractivity contribution is -0.128. The summed E-state index contributed by atoms with van der Waals surface area (Å²) in [6, 6.07) is 3.41. The maximum Gasteiger partial charge on any atom is 0.225 e. The summed E-state index contributed by atoms with van der Waals surface area (Å²) in [6.07, 6.45) is 5.45. The molecule has 21 heavy (non-hydrogen) atoms. The fourth-order valence-corrected chi connectivity index (χ4v) is 2.80. The van der Waals surface area contributed by atoms with Crippen LogP contribution >= 0.6 is 11.6 Å². The Morgan fingerprint density at radius 1 is 1.57 bits per heavy atom. The number of nitrogens with zero attached hydrogens (tertiary/aromatic N) is 1. The van der Waals surface area contributed by atoms with Crippen molar-refractivity contribution < 1.29 is 9.53 Å². The van der Waals surface area contributed by atoms with Crippen molar-refractivity contribution >= 4 is 17.5 Å². The van der Waals surface area contributed by atoms with Gasteiger partial charge in [0, 0.05) is 17.8 Å². The van der Waals surface area contributed by atoms with Gasteiger partial charge < -0.3 is 15.8 Å². The number of hydrogen-bond acceptors (Lipinski definition) is 4. The van der Waals surface area contributed by atoms with Gasteiger partial charge in [-0.1, -0.05) is 24.4 Å². The van der Waals surface area contributed by atoms with E-state index in [1.165, 1.54) is 6.20 Å². The second kappa shape index (κ2) is 7.09. The zero-order valence-electron chi connectivity index (χ0n) is 12.3. The summed E-state index contributed by atoms with van der Waals surface area (Å²) in [4.78, 5) is 16.2. The van der Waals surface area contributed by atoms with Gasteiger partial charge in [0.05, 0.1) is 17.5 Å². The molecule has 0 aromatic carbocycles. The molecule has 0 saturated heterocycles. The van der Waals surface area contributed by atoms with Gasteiger partial charge in [-0.05, 0) is 25.8 Å². The fourth-order valence-electron chi connectivity index (χ4n) is 2.69. The second-order valence-electron chi connectivity index (χ2n) is 5.76. The van der Waals surface area contributed by atoms with Crippen molar-refractivity contribution in [2.45, 2.75) is 38.1 Å². The Morgan fingerprint density at radius 2 is 2.38 bits per heavy atom. The van der Waals surface area contributed by atoms with E-state index in [2.05, 4.69) is 10.3 Å². The van der Waals surface area contributed by atoms with Gasteiger partial charge in [0.1, 0.15) is 6.61 Å². The van der Waals surface area contributed by atoms with Crippen LogP contribution in [0, 0.1) is 5.92 Å². The van der Waals surface area contributed by atoms with Crippen LogP contribution < -0.4 is 15.8 Å². The first-order valence-corrected chi connectivity index (χ1v) is 7.68. The Labute approximate surface area is 130 Å². The van der Waals surface area contributed by atoms with Crippen molar-refractivity contribution in [3.63, 3.8) is 0 Å². The van der Waals surface area contributed by atoms with E-state index >= 15 is 0 Å². The van der Waals surface area contributed by atoms with Gasteiger partial charge in [-0.3, -0.25) is 4.79 Å². The van der Waals surface area contributed by atoms with Gasteiger partial charge in [-0.15, -0.1) is 0 Å². The number of carbonyl (C=O) groups is 1. The van der Waals surface area contributed by atoms with E-state index in [9.17, 15) is 4.79 Å². The number of halogens is 1. The van der Waals surface area contributed by atoms with Crippen LogP contribution in [0.5, 0.6) is 5.88 Å². The Balaban J connectivity index is 1.73. The van der Waals surface area contributed by atoms with Crippen LogP contribution in [0.25, 0.3) is 0 Å². The number of rotatable bonds is 5. The zero-order chi connectivity index (χ0) is 15.3. The largest absolute Gasteiger partial charge is 0.476 e. The maximum atomic E-state index is 12.2. The topological polar surface area (TPSA) is 77.2 Å². The molecular formula is C15H22ClN3O2. The molecule has 0 aliphatic heterocycles. The number of nitrogens with two attached hydrogens (primary N) is 1. The monoisotopic (exact) mass is 311 g/mol. The summed E-state index contributed by atoms with van der Waals surface area (Å²) in [5.74, 6) is 0.405. The van der Waals surface area contributed by atoms with E-state index in [0.29, 0.717) is 24.1 Å². The van der Waals surface area contributed by atoms with E-state index in [1.807, 2.05) is 6.92 Å². The van der Waals surface area contributed by atoms with Crippen LogP contribution in [0.15, 0.2) is 18.3 Å². The Hall–Kier alpha value is -1.33. The van der Waals surface area contributed by atoms with Crippen molar-refractivity contribution in [3.8, 4) is 5.88 Å². The summed E-state index contributed by atoms with van der Waals surface area (Å²) >= 11 is 5.74. The summed E-state index contributed by atoms with van der Waals surface area (Å²) in [7, 11) is 0. The van der Waals surface area contributed by atoms with Crippen LogP contribution in [0.2, 0.25) is 5.02 Å². The number of carbonyl (C=O) groups excluding carboxylic acids is 1. The van der Waals surface area contributed by atoms with Gasteiger partial charge >= 0.3 is 0 Å². The van der Waals surface area contributed by atoms with Gasteiger partial charge in [-0.2, -0.15) is 0 Å². The molecule has 1 amide bonds. The normalized spacial score (nSPS) is 25.4. The van der Waals surface area contributed by atoms with Gasteiger partial charge in [0.2, 0.25) is 11.8 Å². The molecular weight excluding hydrogens is 290 g/mol. The average molecular weight is 312 g/mol. The number of nitrogens with one attached hydrogen (secondary N) is 1. The third kappa shape index (κ3) is 4.58. The SMILES string of the molecule is CC1(N)CCCCC1C(=O)NCCOc1ccc(Cl)cn1. The number of hydrogen-bond donors (Lipinski definition) is 2. The summed E-state index contributed by atoms with van der Waals surface area (Å²) in [6.45, 7) is 2.77. The molecule has 3 N–H and O–H groups in total. The number of pyridine rings is 1. The van der Waals surface area contributed by atoms with Crippen LogP contribution in [0.3, 0.4) is 0 Å². The molecule has 1 aromatic rings. The van der Waals surface area contributed by atoms with Crippen LogP contribution in [-0.2, 0) is 4.79 Å². The van der Waals surface area contributed by atoms with Gasteiger partial charge in [0.15, 0.2) is 0 Å². The minimum Gasteiger partial charge on any atom is -0.476 e. The van der Waals surface area contributed by atoms with E-state index in [1.54, 1.807) is 12.1 Å². The molecule has 1 fully saturated rings. The predicted octanol–water partition coefficient (Wildman–Crippen LogP) is 2.14. The molecule has 0 radical (unpaired) electrons. The molecule has 116 valence electrons. The van der Waals surface area contributed by atoms with Crippen molar-refractivity contribution in [1.29, 1.82) is 0 Å². The van der Waals surface area contributed by atoms with E-state index in [0.717, 1.165) is 25.7 Å². The van der Waals surface area contributed by atoms with Crippen LogP contribution in [-0.4, -0.2) is 29.6 Å². The molecule has 0 spiro atoms. The predicted molar refractivity (Wildman–Crippen MR) is 82.3 cm³/mol. The molecule has 1 aliphatic rings. The van der Waals surface area contributed by atoms with Crippen molar-refractivity contribution in [1.82, 2.24) is 10.3 Å². The quantitative estimate of drug-likeness (QED) is 0.817. The molecule has 1 aliphatic carbocycles. The highest BCUT2D eigenvalue weighted by Crippen LogP contribution is 2.31. The van der Waals surface area contributed by atoms with E-state index in [4.69, 9.17) is 22.1 Å². The summed E-state index contributed by atoms with van der Waals surface area (Å²) in [5, 5.41) is 3.46. The molecule has 2 rings (SSSR count). The lowest BCUT2D eigenvalue weighted by Gasteiger charge is -2.37. The Bertz CT molecular complexity index is 476. The number of ether oxygens (including phenoxy) is 1. The highest BCUT2D eigenvalue weighted by atomic mass is 35.5. The molecule has 1 heterocycles. The number of amides is 1. The van der Waals surface area contributed by atoms with Crippen LogP contribution in [0.4, 0.5) is 0 Å². The first-order valence-electron chi connectivity index (χ1n) is 7.30. The van der Waals surface area contributed by atoms with Crippen molar-refractivity contribution in [3.05, 3.63) is 23.4 Å². The first-order chi connectivity index (χ1) is 9.99. The zero-order valence-corrected chi connectivity index (χ0v) is 13.0. The molecule has 5 nitrogen and oxygen atoms in total. The minimum atomic E-state index is -0.402. The highest BCUT2D eigenvalue weighted by Gasteiger charge is 2.37. The Morgan fingerprint density at radius 3 is 3.05 bits per heavy atom. The van der Waals surface area contributed by atoms with Crippen molar-refractivity contribution in [2.75, 3.05) is 13.2 Å². The van der Waals surface area contributed by atoms with Gasteiger partial charge in [-0.25, -0.2) is 4.98 Å². The third-order valence-electron chi connectivity index (χ3n) is 3.92. The molecule has 2 atom stereocenters. The lowest BCUT2D eigenvalue weighted by Crippen LogP contribution is -2.53. The Kier molecular flexibility index (Phi) is 5.42. The minimum absolute atomic E-state index is 0.0207. The van der Waals surface area contributed by atoms with Crippen LogP contribution in [0.1, 0.15) is 32.6 Å². The fraction of sp³-hybridized carbons (Fsp3) is 0.600. The average Bonchev–Trinajstić information content (AvgIpc) is 2.45. The standard InChI is InChI=1S/C15H22ClN3O2/c1-15(17)7-3-2-4-12(15)14(20)18-8-9-21-13-6-5-11(16)10-19-13/h5-6,10,12H,2-4,7-9,17H2,1H3,(H,18,20). The highest BCUT2D eigenvalue weighted by molar-refractivity contribution is 6.30. The summed E-state index contributed by atoms with van der Waals surface area (Å²) in [5.41, 5.74) is 5.82. The number of aromatic nitrogens is 1. The molecule has 1 aromatic heterocycles. The molecule has 2 unspecified atom stereocenters. The first kappa shape index (κ1) is 16.0. The van der Waals surface area contributed by atoms with E-state index < -0.39 is 5.54 Å². The third-order valence-corrected chi connectivity index (χ3v) is 4.15.